The van der Waals surface area contributed by atoms with E-state index < -0.39 is 11.9 Å². The molecule has 15 heavy (non-hydrogen) atoms. The Morgan fingerprint density at radius 1 is 1.20 bits per heavy atom. The van der Waals surface area contributed by atoms with E-state index in [1.807, 2.05) is 13.8 Å². The van der Waals surface area contributed by atoms with Crippen LogP contribution in [0.2, 0.25) is 0 Å². The van der Waals surface area contributed by atoms with E-state index in [9.17, 15) is 9.59 Å². The quantitative estimate of drug-likeness (QED) is 0.767. The van der Waals surface area contributed by atoms with Gasteiger partial charge in [-0.05, 0) is 26.7 Å². The first kappa shape index (κ1) is 12.0. The third kappa shape index (κ3) is 2.49. The zero-order valence-electron chi connectivity index (χ0n) is 9.40. The average Bonchev–Trinajstić information content (AvgIpc) is 2.67. The second-order valence-electron chi connectivity index (χ2n) is 3.99. The van der Waals surface area contributed by atoms with Crippen LogP contribution in [0, 0.1) is 11.8 Å². The van der Waals surface area contributed by atoms with Crippen molar-refractivity contribution in [1.29, 1.82) is 0 Å². The minimum absolute atomic E-state index is 0.0184. The zero-order valence-corrected chi connectivity index (χ0v) is 9.40. The van der Waals surface area contributed by atoms with Gasteiger partial charge < -0.3 is 10.0 Å². The van der Waals surface area contributed by atoms with Gasteiger partial charge in [0.1, 0.15) is 0 Å². The smallest absolute Gasteiger partial charge is 0.307 e. The van der Waals surface area contributed by atoms with Crippen molar-refractivity contribution in [2.75, 3.05) is 13.1 Å². The number of carbonyl (C=O) groups excluding carboxylic acids is 1. The van der Waals surface area contributed by atoms with Crippen molar-refractivity contribution in [1.82, 2.24) is 4.90 Å². The lowest BCUT2D eigenvalue weighted by Gasteiger charge is -2.24. The molecule has 1 aliphatic rings. The molecule has 0 spiro atoms. The van der Waals surface area contributed by atoms with Crippen molar-refractivity contribution in [2.45, 2.75) is 33.1 Å². The van der Waals surface area contributed by atoms with E-state index >= 15 is 0 Å². The Morgan fingerprint density at radius 3 is 2.20 bits per heavy atom. The van der Waals surface area contributed by atoms with Crippen LogP contribution >= 0.6 is 0 Å². The number of carbonyl (C=O) groups is 2. The summed E-state index contributed by atoms with van der Waals surface area (Å²) in [7, 11) is 0. The first-order valence-corrected chi connectivity index (χ1v) is 5.63. The fraction of sp³-hybridized carbons (Fsp3) is 0.818. The zero-order chi connectivity index (χ0) is 11.4. The molecular weight excluding hydrogens is 194 g/mol. The fourth-order valence-electron chi connectivity index (χ4n) is 2.32. The highest BCUT2D eigenvalue weighted by atomic mass is 16.4. The molecule has 1 amide bonds. The predicted molar refractivity (Wildman–Crippen MR) is 56.4 cm³/mol. The van der Waals surface area contributed by atoms with Gasteiger partial charge in [0.05, 0.1) is 11.8 Å². The molecule has 0 aromatic heterocycles. The highest BCUT2D eigenvalue weighted by Gasteiger charge is 2.39. The van der Waals surface area contributed by atoms with Crippen LogP contribution in [0.25, 0.3) is 0 Å². The highest BCUT2D eigenvalue weighted by Crippen LogP contribution is 2.33. The Morgan fingerprint density at radius 2 is 1.73 bits per heavy atom. The summed E-state index contributed by atoms with van der Waals surface area (Å²) in [5.41, 5.74) is 0. The van der Waals surface area contributed by atoms with Crippen molar-refractivity contribution in [3.05, 3.63) is 0 Å². The van der Waals surface area contributed by atoms with E-state index in [0.717, 1.165) is 12.8 Å². The maximum atomic E-state index is 12.0. The molecule has 1 rings (SSSR count). The molecule has 0 bridgehead atoms. The lowest BCUT2D eigenvalue weighted by Crippen LogP contribution is -2.38. The molecule has 2 atom stereocenters. The maximum absolute atomic E-state index is 12.0. The van der Waals surface area contributed by atoms with Crippen molar-refractivity contribution in [2.24, 2.45) is 11.8 Å². The Kier molecular flexibility index (Phi) is 4.12. The van der Waals surface area contributed by atoms with Crippen molar-refractivity contribution in [3.63, 3.8) is 0 Å². The van der Waals surface area contributed by atoms with Gasteiger partial charge in [0.25, 0.3) is 0 Å². The maximum Gasteiger partial charge on any atom is 0.307 e. The summed E-state index contributed by atoms with van der Waals surface area (Å²) in [6.07, 6.45) is 2.23. The Hall–Kier alpha value is -1.06. The molecule has 0 aliphatic heterocycles. The number of hydrogen-bond acceptors (Lipinski definition) is 2. The molecule has 86 valence electrons. The van der Waals surface area contributed by atoms with E-state index in [4.69, 9.17) is 5.11 Å². The van der Waals surface area contributed by atoms with Gasteiger partial charge in [-0.1, -0.05) is 6.42 Å². The molecule has 1 aliphatic carbocycles. The Balaban J connectivity index is 2.69. The molecule has 2 unspecified atom stereocenters. The molecule has 1 saturated carbocycles. The monoisotopic (exact) mass is 213 g/mol. The molecule has 0 aromatic rings. The molecule has 0 saturated heterocycles. The van der Waals surface area contributed by atoms with Crippen molar-refractivity contribution in [3.8, 4) is 0 Å². The number of hydrogen-bond donors (Lipinski definition) is 1. The molecule has 4 nitrogen and oxygen atoms in total. The van der Waals surface area contributed by atoms with Gasteiger partial charge in [0.2, 0.25) is 5.91 Å². The number of rotatable bonds is 4. The summed E-state index contributed by atoms with van der Waals surface area (Å²) < 4.78 is 0. The van der Waals surface area contributed by atoms with E-state index in [1.165, 1.54) is 0 Å². The average molecular weight is 213 g/mol. The predicted octanol–water partition coefficient (Wildman–Crippen LogP) is 1.36. The third-order valence-electron chi connectivity index (χ3n) is 3.23. The third-order valence-corrected chi connectivity index (χ3v) is 3.23. The van der Waals surface area contributed by atoms with Gasteiger partial charge in [-0.3, -0.25) is 9.59 Å². The SMILES string of the molecule is CCN(CC)C(=O)C1CCCC1C(=O)O. The molecule has 1 fully saturated rings. The van der Waals surface area contributed by atoms with E-state index in [-0.39, 0.29) is 11.8 Å². The standard InChI is InChI=1S/C11H19NO3/c1-3-12(4-2)10(13)8-6-5-7-9(8)11(14)15/h8-9H,3-7H2,1-2H3,(H,14,15). The number of amides is 1. The highest BCUT2D eigenvalue weighted by molar-refractivity contribution is 5.85. The number of aliphatic carboxylic acids is 1. The van der Waals surface area contributed by atoms with Crippen molar-refractivity contribution < 1.29 is 14.7 Å². The summed E-state index contributed by atoms with van der Waals surface area (Å²) in [5, 5.41) is 8.99. The van der Waals surface area contributed by atoms with Gasteiger partial charge in [-0.15, -0.1) is 0 Å². The van der Waals surface area contributed by atoms with Crippen LogP contribution in [-0.4, -0.2) is 35.0 Å². The number of nitrogens with zero attached hydrogens (tertiary/aromatic N) is 1. The summed E-state index contributed by atoms with van der Waals surface area (Å²) in [6.45, 7) is 5.18. The summed E-state index contributed by atoms with van der Waals surface area (Å²) in [6, 6.07) is 0. The van der Waals surface area contributed by atoms with Crippen LogP contribution in [0.4, 0.5) is 0 Å². The van der Waals surface area contributed by atoms with Crippen LogP contribution in [0.1, 0.15) is 33.1 Å². The topological polar surface area (TPSA) is 57.6 Å². The Bertz CT molecular complexity index is 248. The van der Waals surface area contributed by atoms with Gasteiger partial charge in [-0.25, -0.2) is 0 Å². The molecule has 1 N–H and O–H groups in total. The second-order valence-corrected chi connectivity index (χ2v) is 3.99. The van der Waals surface area contributed by atoms with Crippen LogP contribution < -0.4 is 0 Å². The lowest BCUT2D eigenvalue weighted by atomic mass is 9.95. The molecule has 0 heterocycles. The van der Waals surface area contributed by atoms with E-state index in [2.05, 4.69) is 0 Å². The van der Waals surface area contributed by atoms with Crippen LogP contribution in [0.15, 0.2) is 0 Å². The summed E-state index contributed by atoms with van der Waals surface area (Å²) in [4.78, 5) is 24.7. The van der Waals surface area contributed by atoms with Gasteiger partial charge in [0, 0.05) is 13.1 Å². The van der Waals surface area contributed by atoms with Crippen LogP contribution in [0.5, 0.6) is 0 Å². The first-order chi connectivity index (χ1) is 7.11. The van der Waals surface area contributed by atoms with E-state index in [0.29, 0.717) is 19.5 Å². The largest absolute Gasteiger partial charge is 0.481 e. The minimum atomic E-state index is -0.821. The molecule has 0 aromatic carbocycles. The van der Waals surface area contributed by atoms with Crippen molar-refractivity contribution >= 4 is 11.9 Å². The molecule has 4 heteroatoms. The second kappa shape index (κ2) is 5.14. The fourth-order valence-corrected chi connectivity index (χ4v) is 2.32. The number of carboxylic acids is 1. The van der Waals surface area contributed by atoms with Gasteiger partial charge in [-0.2, -0.15) is 0 Å². The number of carboxylic acid groups (broad SMARTS) is 1. The van der Waals surface area contributed by atoms with E-state index in [1.54, 1.807) is 4.90 Å². The Labute approximate surface area is 90.3 Å². The molecular formula is C11H19NO3. The molecule has 0 radical (unpaired) electrons. The van der Waals surface area contributed by atoms with Gasteiger partial charge in [0.15, 0.2) is 0 Å². The minimum Gasteiger partial charge on any atom is -0.481 e. The summed E-state index contributed by atoms with van der Waals surface area (Å²) >= 11 is 0. The normalized spacial score (nSPS) is 25.2. The summed E-state index contributed by atoms with van der Waals surface area (Å²) in [5.74, 6) is -1.55. The van der Waals surface area contributed by atoms with Gasteiger partial charge >= 0.3 is 5.97 Å². The lowest BCUT2D eigenvalue weighted by molar-refractivity contribution is -0.149. The van der Waals surface area contributed by atoms with Crippen LogP contribution in [-0.2, 0) is 9.59 Å². The van der Waals surface area contributed by atoms with Crippen LogP contribution in [0.3, 0.4) is 0 Å². The first-order valence-electron chi connectivity index (χ1n) is 5.63.